The first kappa shape index (κ1) is 15.3. The van der Waals surface area contributed by atoms with Gasteiger partial charge < -0.3 is 10.2 Å². The molecular formula is C17H21BrN4. The van der Waals surface area contributed by atoms with E-state index < -0.39 is 0 Å². The highest BCUT2D eigenvalue weighted by Gasteiger charge is 2.18. The number of aromatic nitrogens is 2. The third-order valence-electron chi connectivity index (χ3n) is 4.03. The second-order valence-corrected chi connectivity index (χ2v) is 6.88. The highest BCUT2D eigenvalue weighted by Crippen LogP contribution is 2.24. The first-order valence-corrected chi connectivity index (χ1v) is 8.52. The van der Waals surface area contributed by atoms with Gasteiger partial charge in [-0.15, -0.1) is 0 Å². The third kappa shape index (κ3) is 3.58. The third-order valence-corrected chi connectivity index (χ3v) is 4.88. The number of anilines is 3. The first-order valence-electron chi connectivity index (χ1n) is 7.73. The molecule has 1 aromatic carbocycles. The van der Waals surface area contributed by atoms with Crippen LogP contribution in [-0.2, 0) is 0 Å². The van der Waals surface area contributed by atoms with Crippen LogP contribution in [0.1, 0.15) is 25.3 Å². The average Bonchev–Trinajstić information content (AvgIpc) is 2.51. The van der Waals surface area contributed by atoms with Crippen molar-refractivity contribution in [1.82, 2.24) is 9.97 Å². The van der Waals surface area contributed by atoms with Crippen molar-refractivity contribution in [1.29, 1.82) is 0 Å². The number of rotatable bonds is 3. The summed E-state index contributed by atoms with van der Waals surface area (Å²) in [7, 11) is 0. The Balaban J connectivity index is 1.77. The van der Waals surface area contributed by atoms with E-state index in [0.29, 0.717) is 5.92 Å². The van der Waals surface area contributed by atoms with Gasteiger partial charge in [-0.2, -0.15) is 4.98 Å². The summed E-state index contributed by atoms with van der Waals surface area (Å²) in [6.07, 6.45) is 4.34. The Morgan fingerprint density at radius 1 is 1.32 bits per heavy atom. The van der Waals surface area contributed by atoms with Crippen LogP contribution < -0.4 is 10.2 Å². The van der Waals surface area contributed by atoms with E-state index in [0.717, 1.165) is 35.0 Å². The molecule has 1 aliphatic rings. The summed E-state index contributed by atoms with van der Waals surface area (Å²) in [5, 5.41) is 3.35. The quantitative estimate of drug-likeness (QED) is 0.872. The van der Waals surface area contributed by atoms with Gasteiger partial charge >= 0.3 is 0 Å². The molecule has 1 saturated heterocycles. The minimum absolute atomic E-state index is 0.710. The molecule has 2 aromatic rings. The average molecular weight is 361 g/mol. The fourth-order valence-corrected chi connectivity index (χ4v) is 3.14. The fraction of sp³-hybridized carbons (Fsp3) is 0.412. The number of hydrogen-bond acceptors (Lipinski definition) is 4. The van der Waals surface area contributed by atoms with Crippen molar-refractivity contribution in [3.63, 3.8) is 0 Å². The lowest BCUT2D eigenvalue weighted by Gasteiger charge is -2.30. The molecule has 4 nitrogen and oxygen atoms in total. The lowest BCUT2D eigenvalue weighted by Crippen LogP contribution is -2.35. The Hall–Kier alpha value is -1.62. The summed E-state index contributed by atoms with van der Waals surface area (Å²) < 4.78 is 1.09. The largest absolute Gasteiger partial charge is 0.341 e. The Morgan fingerprint density at radius 2 is 2.18 bits per heavy atom. The van der Waals surface area contributed by atoms with E-state index in [9.17, 15) is 0 Å². The summed E-state index contributed by atoms with van der Waals surface area (Å²) in [5.41, 5.74) is 2.24. The molecule has 22 heavy (non-hydrogen) atoms. The Morgan fingerprint density at radius 3 is 2.95 bits per heavy atom. The van der Waals surface area contributed by atoms with E-state index in [4.69, 9.17) is 0 Å². The van der Waals surface area contributed by atoms with Gasteiger partial charge in [0, 0.05) is 29.4 Å². The highest BCUT2D eigenvalue weighted by atomic mass is 79.9. The second-order valence-electron chi connectivity index (χ2n) is 6.02. The normalized spacial score (nSPS) is 18.3. The summed E-state index contributed by atoms with van der Waals surface area (Å²) in [4.78, 5) is 11.4. The number of aryl methyl sites for hydroxylation is 1. The van der Waals surface area contributed by atoms with Gasteiger partial charge in [0.1, 0.15) is 5.82 Å². The van der Waals surface area contributed by atoms with Crippen LogP contribution in [0.2, 0.25) is 0 Å². The van der Waals surface area contributed by atoms with Gasteiger partial charge in [-0.05, 0) is 49.4 Å². The molecule has 116 valence electrons. The Kier molecular flexibility index (Phi) is 4.62. The number of hydrogen-bond donors (Lipinski definition) is 1. The molecule has 0 saturated carbocycles. The fourth-order valence-electron chi connectivity index (χ4n) is 2.76. The molecule has 1 atom stereocenters. The van der Waals surface area contributed by atoms with Gasteiger partial charge in [0.2, 0.25) is 5.95 Å². The molecule has 0 aliphatic carbocycles. The van der Waals surface area contributed by atoms with Gasteiger partial charge in [0.05, 0.1) is 0 Å². The van der Waals surface area contributed by atoms with Crippen molar-refractivity contribution in [3.05, 3.63) is 40.5 Å². The summed E-state index contributed by atoms with van der Waals surface area (Å²) >= 11 is 3.56. The molecule has 3 rings (SSSR count). The van der Waals surface area contributed by atoms with Crippen LogP contribution in [-0.4, -0.2) is 23.1 Å². The van der Waals surface area contributed by atoms with Crippen LogP contribution in [0.4, 0.5) is 17.5 Å². The van der Waals surface area contributed by atoms with Crippen LogP contribution in [0.25, 0.3) is 0 Å². The van der Waals surface area contributed by atoms with Crippen LogP contribution in [0.15, 0.2) is 34.9 Å². The van der Waals surface area contributed by atoms with Crippen LogP contribution in [0, 0.1) is 12.8 Å². The maximum Gasteiger partial charge on any atom is 0.227 e. The van der Waals surface area contributed by atoms with Crippen molar-refractivity contribution in [2.45, 2.75) is 26.7 Å². The number of benzene rings is 1. The topological polar surface area (TPSA) is 41.1 Å². The lowest BCUT2D eigenvalue weighted by molar-refractivity contribution is 0.442. The standard InChI is InChI=1S/C17H21BrN4/c1-12-4-3-9-22(11-12)17-19-8-7-16(21-17)20-14-6-5-13(2)15(18)10-14/h5-8,10,12H,3-4,9,11H2,1-2H3,(H,19,20,21). The predicted molar refractivity (Wildman–Crippen MR) is 94.8 cm³/mol. The number of nitrogens with one attached hydrogen (secondary N) is 1. The first-order chi connectivity index (χ1) is 10.6. The minimum Gasteiger partial charge on any atom is -0.341 e. The molecule has 1 N–H and O–H groups in total. The monoisotopic (exact) mass is 360 g/mol. The summed E-state index contributed by atoms with van der Waals surface area (Å²) in [5.74, 6) is 2.36. The summed E-state index contributed by atoms with van der Waals surface area (Å²) in [6.45, 7) is 6.45. The van der Waals surface area contributed by atoms with E-state index in [1.165, 1.54) is 18.4 Å². The highest BCUT2D eigenvalue weighted by molar-refractivity contribution is 9.10. The van der Waals surface area contributed by atoms with Crippen LogP contribution in [0.3, 0.4) is 0 Å². The zero-order valence-corrected chi connectivity index (χ0v) is 14.6. The molecule has 0 bridgehead atoms. The molecule has 1 aromatic heterocycles. The Bertz CT molecular complexity index is 659. The van der Waals surface area contributed by atoms with Gasteiger partial charge in [-0.3, -0.25) is 0 Å². The van der Waals surface area contributed by atoms with Crippen molar-refractivity contribution in [2.75, 3.05) is 23.3 Å². The van der Waals surface area contributed by atoms with Crippen molar-refractivity contribution < 1.29 is 0 Å². The maximum atomic E-state index is 4.67. The molecular weight excluding hydrogens is 340 g/mol. The smallest absolute Gasteiger partial charge is 0.227 e. The van der Waals surface area contributed by atoms with Gasteiger partial charge in [-0.25, -0.2) is 4.98 Å². The summed E-state index contributed by atoms with van der Waals surface area (Å²) in [6, 6.07) is 8.12. The van der Waals surface area contributed by atoms with Gasteiger partial charge in [0.25, 0.3) is 0 Å². The maximum absolute atomic E-state index is 4.67. The number of piperidine rings is 1. The second kappa shape index (κ2) is 6.65. The molecule has 0 amide bonds. The van der Waals surface area contributed by atoms with Gasteiger partial charge in [-0.1, -0.05) is 28.9 Å². The van der Waals surface area contributed by atoms with Crippen molar-refractivity contribution in [2.24, 2.45) is 5.92 Å². The van der Waals surface area contributed by atoms with Crippen molar-refractivity contribution >= 4 is 33.4 Å². The lowest BCUT2D eigenvalue weighted by atomic mass is 10.0. The SMILES string of the molecule is Cc1ccc(Nc2ccnc(N3CCCC(C)C3)n2)cc1Br. The molecule has 1 aliphatic heterocycles. The minimum atomic E-state index is 0.710. The van der Waals surface area contributed by atoms with E-state index in [1.54, 1.807) is 0 Å². The molecule has 1 fully saturated rings. The zero-order chi connectivity index (χ0) is 15.5. The number of halogens is 1. The molecule has 0 spiro atoms. The zero-order valence-electron chi connectivity index (χ0n) is 13.0. The molecule has 5 heteroatoms. The molecule has 0 radical (unpaired) electrons. The van der Waals surface area contributed by atoms with Gasteiger partial charge in [0.15, 0.2) is 0 Å². The molecule has 1 unspecified atom stereocenters. The number of nitrogens with zero attached hydrogens (tertiary/aromatic N) is 3. The van der Waals surface area contributed by atoms with E-state index in [-0.39, 0.29) is 0 Å². The molecule has 2 heterocycles. The van der Waals surface area contributed by atoms with Crippen LogP contribution >= 0.6 is 15.9 Å². The predicted octanol–water partition coefficient (Wildman–Crippen LogP) is 4.53. The van der Waals surface area contributed by atoms with E-state index >= 15 is 0 Å². The van der Waals surface area contributed by atoms with E-state index in [1.807, 2.05) is 12.3 Å². The van der Waals surface area contributed by atoms with E-state index in [2.05, 4.69) is 68.2 Å². The van der Waals surface area contributed by atoms with Crippen molar-refractivity contribution in [3.8, 4) is 0 Å². The Labute approximate surface area is 140 Å². The van der Waals surface area contributed by atoms with Crippen LogP contribution in [0.5, 0.6) is 0 Å².